The van der Waals surface area contributed by atoms with E-state index in [4.69, 9.17) is 0 Å². The molecular weight excluding hydrogens is 338 g/mol. The third-order valence-electron chi connectivity index (χ3n) is 5.91. The van der Waals surface area contributed by atoms with Crippen molar-refractivity contribution in [3.63, 3.8) is 0 Å². The molecule has 0 unspecified atom stereocenters. The summed E-state index contributed by atoms with van der Waals surface area (Å²) in [6.45, 7) is 15.8. The van der Waals surface area contributed by atoms with E-state index in [1.807, 2.05) is 0 Å². The fraction of sp³-hybridized carbons (Fsp3) is 0.333. The lowest BCUT2D eigenvalue weighted by molar-refractivity contribution is 0.589. The molecule has 1 aliphatic heterocycles. The number of rotatable bonds is 1. The molecule has 4 rings (SSSR count). The van der Waals surface area contributed by atoms with Crippen LogP contribution in [0.25, 0.3) is 0 Å². The summed E-state index contributed by atoms with van der Waals surface area (Å²) in [4.78, 5) is 2.49. The Balaban J connectivity index is 1.98. The maximum absolute atomic E-state index is 2.49. The summed E-state index contributed by atoms with van der Waals surface area (Å²) < 4.78 is 0. The van der Waals surface area contributed by atoms with Crippen molar-refractivity contribution >= 4 is 17.1 Å². The van der Waals surface area contributed by atoms with Crippen molar-refractivity contribution in [3.8, 4) is 0 Å². The molecule has 0 aromatic heterocycles. The quantitative estimate of drug-likeness (QED) is 0.334. The van der Waals surface area contributed by atoms with E-state index >= 15 is 0 Å². The Bertz CT molecular complexity index is 992. The molecule has 0 fully saturated rings. The molecule has 1 aliphatic rings. The van der Waals surface area contributed by atoms with Crippen molar-refractivity contribution in [3.05, 3.63) is 87.5 Å². The Morgan fingerprint density at radius 3 is 1.57 bits per heavy atom. The van der Waals surface area contributed by atoms with Crippen LogP contribution in [0.3, 0.4) is 0 Å². The molecule has 1 heterocycles. The van der Waals surface area contributed by atoms with Gasteiger partial charge >= 0.3 is 0 Å². The molecule has 0 amide bonds. The van der Waals surface area contributed by atoms with Crippen LogP contribution in [0.4, 0.5) is 17.1 Å². The SMILES string of the molecule is Cc1ccc2c(c1)Cc1cc(C)ccc1N2c1c(C)cc(C(C)(C)C)cc1C. The Morgan fingerprint density at radius 1 is 0.679 bits per heavy atom. The van der Waals surface area contributed by atoms with Gasteiger partial charge in [0, 0.05) is 17.8 Å². The summed E-state index contributed by atoms with van der Waals surface area (Å²) in [5.74, 6) is 0. The molecule has 28 heavy (non-hydrogen) atoms. The molecule has 0 aliphatic carbocycles. The van der Waals surface area contributed by atoms with Crippen molar-refractivity contribution in [1.29, 1.82) is 0 Å². The van der Waals surface area contributed by atoms with E-state index in [9.17, 15) is 0 Å². The molecule has 0 saturated heterocycles. The standard InChI is InChI=1S/C27H31N/c1-17-8-10-24-21(12-17)16-22-13-18(2)9-11-25(22)28(24)26-19(3)14-23(15-20(26)4)27(5,6)7/h8-15H,16H2,1-7H3. The van der Waals surface area contributed by atoms with Crippen molar-refractivity contribution < 1.29 is 0 Å². The molecular formula is C27H31N. The topological polar surface area (TPSA) is 3.24 Å². The van der Waals surface area contributed by atoms with Crippen molar-refractivity contribution in [2.24, 2.45) is 0 Å². The van der Waals surface area contributed by atoms with Crippen molar-refractivity contribution in [2.75, 3.05) is 4.90 Å². The third-order valence-corrected chi connectivity index (χ3v) is 5.91. The number of hydrogen-bond donors (Lipinski definition) is 0. The molecule has 0 spiro atoms. The summed E-state index contributed by atoms with van der Waals surface area (Å²) in [7, 11) is 0. The second-order valence-electron chi connectivity index (χ2n) is 9.49. The van der Waals surface area contributed by atoms with Crippen LogP contribution in [-0.2, 0) is 11.8 Å². The first-order chi connectivity index (χ1) is 13.1. The zero-order valence-corrected chi connectivity index (χ0v) is 18.3. The number of nitrogens with zero attached hydrogens (tertiary/aromatic N) is 1. The van der Waals surface area contributed by atoms with Gasteiger partial charge < -0.3 is 4.90 Å². The predicted molar refractivity (Wildman–Crippen MR) is 122 cm³/mol. The molecule has 3 aromatic rings. The van der Waals surface area contributed by atoms with Gasteiger partial charge in [-0.3, -0.25) is 0 Å². The van der Waals surface area contributed by atoms with Gasteiger partial charge in [0.05, 0.1) is 5.69 Å². The molecule has 1 heteroatoms. The van der Waals surface area contributed by atoms with E-state index in [1.165, 1.54) is 56.0 Å². The Morgan fingerprint density at radius 2 is 1.14 bits per heavy atom. The van der Waals surface area contributed by atoms with Gasteiger partial charge in [-0.15, -0.1) is 0 Å². The summed E-state index contributed by atoms with van der Waals surface area (Å²) in [5, 5.41) is 0. The molecule has 1 nitrogen and oxygen atoms in total. The minimum atomic E-state index is 0.153. The van der Waals surface area contributed by atoms with Crippen LogP contribution in [0.2, 0.25) is 0 Å². The minimum absolute atomic E-state index is 0.153. The molecule has 3 aromatic carbocycles. The Hall–Kier alpha value is -2.54. The van der Waals surface area contributed by atoms with E-state index in [-0.39, 0.29) is 5.41 Å². The molecule has 144 valence electrons. The van der Waals surface area contributed by atoms with Crippen LogP contribution in [0.5, 0.6) is 0 Å². The van der Waals surface area contributed by atoms with Crippen molar-refractivity contribution in [2.45, 2.75) is 60.3 Å². The average molecular weight is 370 g/mol. The Kier molecular flexibility index (Phi) is 4.38. The number of benzene rings is 3. The highest BCUT2D eigenvalue weighted by Crippen LogP contribution is 2.47. The van der Waals surface area contributed by atoms with Gasteiger partial charge in [-0.1, -0.05) is 68.3 Å². The second kappa shape index (κ2) is 6.51. The highest BCUT2D eigenvalue weighted by molar-refractivity contribution is 5.86. The first kappa shape index (κ1) is 18.8. The van der Waals surface area contributed by atoms with Gasteiger partial charge in [-0.05, 0) is 73.1 Å². The summed E-state index contributed by atoms with van der Waals surface area (Å²) in [6.07, 6.45) is 1.00. The lowest BCUT2D eigenvalue weighted by Gasteiger charge is -2.36. The number of aryl methyl sites for hydroxylation is 4. The van der Waals surface area contributed by atoms with Gasteiger partial charge in [-0.25, -0.2) is 0 Å². The van der Waals surface area contributed by atoms with Gasteiger partial charge in [0.15, 0.2) is 0 Å². The van der Waals surface area contributed by atoms with Crippen LogP contribution >= 0.6 is 0 Å². The number of anilines is 3. The predicted octanol–water partition coefficient (Wildman–Crippen LogP) is 7.59. The largest absolute Gasteiger partial charge is 0.309 e. The fourth-order valence-corrected chi connectivity index (χ4v) is 4.47. The normalized spacial score (nSPS) is 13.3. The molecule has 0 radical (unpaired) electrons. The first-order valence-electron chi connectivity index (χ1n) is 10.3. The number of fused-ring (bicyclic) bond motifs is 2. The van der Waals surface area contributed by atoms with Crippen LogP contribution in [0, 0.1) is 27.7 Å². The van der Waals surface area contributed by atoms with Gasteiger partial charge in [0.2, 0.25) is 0 Å². The fourth-order valence-electron chi connectivity index (χ4n) is 4.47. The highest BCUT2D eigenvalue weighted by atomic mass is 15.2. The second-order valence-corrected chi connectivity index (χ2v) is 9.49. The first-order valence-corrected chi connectivity index (χ1v) is 10.3. The smallest absolute Gasteiger partial charge is 0.0520 e. The molecule has 0 bridgehead atoms. The van der Waals surface area contributed by atoms with E-state index < -0.39 is 0 Å². The number of hydrogen-bond acceptors (Lipinski definition) is 1. The lowest BCUT2D eigenvalue weighted by Crippen LogP contribution is -2.21. The zero-order chi connectivity index (χ0) is 20.2. The molecule has 0 atom stereocenters. The Labute approximate surface area is 170 Å². The van der Waals surface area contributed by atoms with E-state index in [0.717, 1.165) is 6.42 Å². The van der Waals surface area contributed by atoms with Crippen LogP contribution in [0.15, 0.2) is 48.5 Å². The average Bonchev–Trinajstić information content (AvgIpc) is 2.59. The van der Waals surface area contributed by atoms with Crippen molar-refractivity contribution in [1.82, 2.24) is 0 Å². The highest BCUT2D eigenvalue weighted by Gasteiger charge is 2.27. The lowest BCUT2D eigenvalue weighted by atomic mass is 9.84. The van der Waals surface area contributed by atoms with E-state index in [1.54, 1.807) is 0 Å². The molecule has 0 N–H and O–H groups in total. The third kappa shape index (κ3) is 3.13. The maximum Gasteiger partial charge on any atom is 0.0520 e. The van der Waals surface area contributed by atoms with Crippen LogP contribution in [-0.4, -0.2) is 0 Å². The zero-order valence-electron chi connectivity index (χ0n) is 18.3. The van der Waals surface area contributed by atoms with Crippen LogP contribution < -0.4 is 4.90 Å². The van der Waals surface area contributed by atoms with Gasteiger partial charge in [0.1, 0.15) is 0 Å². The monoisotopic (exact) mass is 369 g/mol. The van der Waals surface area contributed by atoms with Gasteiger partial charge in [0.25, 0.3) is 0 Å². The van der Waals surface area contributed by atoms with E-state index in [0.29, 0.717) is 0 Å². The minimum Gasteiger partial charge on any atom is -0.309 e. The van der Waals surface area contributed by atoms with Gasteiger partial charge in [-0.2, -0.15) is 0 Å². The summed E-state index contributed by atoms with van der Waals surface area (Å²) in [6, 6.07) is 18.5. The van der Waals surface area contributed by atoms with E-state index in [2.05, 4.69) is 102 Å². The maximum atomic E-state index is 2.49. The molecule has 0 saturated carbocycles. The van der Waals surface area contributed by atoms with Crippen LogP contribution in [0.1, 0.15) is 59.7 Å². The summed E-state index contributed by atoms with van der Waals surface area (Å²) in [5.41, 5.74) is 13.7. The summed E-state index contributed by atoms with van der Waals surface area (Å²) >= 11 is 0.